The van der Waals surface area contributed by atoms with Crippen molar-refractivity contribution >= 4 is 11.9 Å². The zero-order chi connectivity index (χ0) is 22.0. The second-order valence-electron chi connectivity index (χ2n) is 7.32. The van der Waals surface area contributed by atoms with E-state index in [1.54, 1.807) is 13.8 Å². The Kier molecular flexibility index (Phi) is 10.1. The first-order chi connectivity index (χ1) is 13.6. The molecule has 0 aliphatic carbocycles. The number of esters is 1. The molecule has 0 saturated heterocycles. The molecule has 1 unspecified atom stereocenters. The smallest absolute Gasteiger partial charge is 0.417 e. The highest BCUT2D eigenvalue weighted by molar-refractivity contribution is 5.98. The minimum Gasteiger partial charge on any atom is -0.464 e. The summed E-state index contributed by atoms with van der Waals surface area (Å²) in [5, 5.41) is 2.30. The number of carbonyl (C=O) groups excluding carboxylic acids is 2. The Labute approximate surface area is 169 Å². The third-order valence-corrected chi connectivity index (χ3v) is 4.48. The average molecular weight is 419 g/mol. The maximum Gasteiger partial charge on any atom is 0.417 e. The van der Waals surface area contributed by atoms with E-state index >= 15 is 0 Å². The van der Waals surface area contributed by atoms with E-state index in [1.165, 1.54) is 0 Å². The molecule has 0 aromatic heterocycles. The molecule has 0 radical (unpaired) electrons. The summed E-state index contributed by atoms with van der Waals surface area (Å²) in [6.45, 7) is 5.60. The zero-order valence-electron chi connectivity index (χ0n) is 17.1. The molecular weight excluding hydrogens is 390 g/mol. The van der Waals surface area contributed by atoms with Crippen LogP contribution in [0.2, 0.25) is 0 Å². The molecule has 29 heavy (non-hydrogen) atoms. The molecule has 1 aromatic rings. The fourth-order valence-corrected chi connectivity index (χ4v) is 2.81. The molecule has 0 aliphatic rings. The summed E-state index contributed by atoms with van der Waals surface area (Å²) in [5.41, 5.74) is -2.13. The average Bonchev–Trinajstić information content (AvgIpc) is 2.64. The molecule has 0 heterocycles. The molecule has 1 aromatic carbocycles. The Bertz CT molecular complexity index is 674. The molecule has 164 valence electrons. The van der Waals surface area contributed by atoms with Crippen LogP contribution >= 0.6 is 0 Å². The fraction of sp³-hybridized carbons (Fsp3) is 0.619. The summed E-state index contributed by atoms with van der Waals surface area (Å²) in [6, 6.07) is 0.683. The van der Waals surface area contributed by atoms with Crippen LogP contribution in [-0.4, -0.2) is 24.5 Å². The van der Waals surface area contributed by atoms with Crippen LogP contribution in [-0.2, 0) is 15.7 Å². The van der Waals surface area contributed by atoms with Crippen molar-refractivity contribution in [3.05, 3.63) is 35.1 Å². The van der Waals surface area contributed by atoms with Crippen LogP contribution in [0.3, 0.4) is 0 Å². The Morgan fingerprint density at radius 2 is 1.69 bits per heavy atom. The van der Waals surface area contributed by atoms with Gasteiger partial charge in [0, 0.05) is 0 Å². The molecule has 4 nitrogen and oxygen atoms in total. The number of nitrogens with one attached hydrogen (secondary N) is 1. The topological polar surface area (TPSA) is 55.4 Å². The van der Waals surface area contributed by atoms with Gasteiger partial charge in [0.25, 0.3) is 5.91 Å². The van der Waals surface area contributed by atoms with E-state index in [-0.39, 0.29) is 12.7 Å². The summed E-state index contributed by atoms with van der Waals surface area (Å²) in [4.78, 5) is 24.7. The van der Waals surface area contributed by atoms with Crippen LogP contribution in [0.5, 0.6) is 0 Å². The summed E-state index contributed by atoms with van der Waals surface area (Å²) in [6.07, 6.45) is 1.15. The molecule has 0 fully saturated rings. The van der Waals surface area contributed by atoms with Gasteiger partial charge in [0.15, 0.2) is 0 Å². The van der Waals surface area contributed by atoms with Gasteiger partial charge in [-0.2, -0.15) is 13.2 Å². The van der Waals surface area contributed by atoms with Gasteiger partial charge in [0.1, 0.15) is 11.9 Å². The molecular formula is C21H29F4NO3. The van der Waals surface area contributed by atoms with E-state index in [2.05, 4.69) is 12.2 Å². The lowest BCUT2D eigenvalue weighted by Crippen LogP contribution is -2.45. The number of hydrogen-bond donors (Lipinski definition) is 1. The van der Waals surface area contributed by atoms with Gasteiger partial charge in [-0.05, 0) is 30.5 Å². The predicted octanol–water partition coefficient (Wildman–Crippen LogP) is 5.50. The van der Waals surface area contributed by atoms with Gasteiger partial charge in [0.05, 0.1) is 17.7 Å². The first kappa shape index (κ1) is 24.9. The minimum atomic E-state index is -4.90. The molecule has 8 heteroatoms. The third kappa shape index (κ3) is 8.41. The molecule has 0 aliphatic heterocycles. The number of unbranched alkanes of at least 4 members (excludes halogenated alkanes) is 5. The normalized spacial score (nSPS) is 12.7. The number of carbonyl (C=O) groups is 2. The Hall–Kier alpha value is -2.12. The molecule has 0 saturated carbocycles. The minimum absolute atomic E-state index is 0.189. The van der Waals surface area contributed by atoms with E-state index in [9.17, 15) is 27.2 Å². The number of benzene rings is 1. The molecule has 0 spiro atoms. The van der Waals surface area contributed by atoms with Gasteiger partial charge >= 0.3 is 12.1 Å². The molecule has 1 amide bonds. The largest absolute Gasteiger partial charge is 0.464 e. The van der Waals surface area contributed by atoms with Gasteiger partial charge in [-0.3, -0.25) is 4.79 Å². The number of rotatable bonds is 11. The second-order valence-corrected chi connectivity index (χ2v) is 7.32. The Balaban J connectivity index is 2.72. The monoisotopic (exact) mass is 419 g/mol. The second kappa shape index (κ2) is 11.8. The highest BCUT2D eigenvalue weighted by Gasteiger charge is 2.37. The van der Waals surface area contributed by atoms with Crippen molar-refractivity contribution in [2.75, 3.05) is 6.61 Å². The summed E-state index contributed by atoms with van der Waals surface area (Å²) < 4.78 is 57.8. The maximum atomic E-state index is 13.2. The van der Waals surface area contributed by atoms with Crippen LogP contribution in [0.1, 0.15) is 75.2 Å². The number of alkyl halides is 3. The quantitative estimate of drug-likeness (QED) is 0.293. The van der Waals surface area contributed by atoms with Gasteiger partial charge in [-0.25, -0.2) is 9.18 Å². The summed E-state index contributed by atoms with van der Waals surface area (Å²) >= 11 is 0. The third-order valence-electron chi connectivity index (χ3n) is 4.48. The van der Waals surface area contributed by atoms with Crippen molar-refractivity contribution in [1.29, 1.82) is 0 Å². The summed E-state index contributed by atoms with van der Waals surface area (Å²) in [5.74, 6) is -3.30. The van der Waals surface area contributed by atoms with Gasteiger partial charge in [-0.15, -0.1) is 0 Å². The van der Waals surface area contributed by atoms with Crippen molar-refractivity contribution in [1.82, 2.24) is 5.32 Å². The number of amides is 1. The van der Waals surface area contributed by atoms with Crippen LogP contribution < -0.4 is 5.32 Å². The first-order valence-corrected chi connectivity index (χ1v) is 9.92. The molecule has 1 N–H and O–H groups in total. The van der Waals surface area contributed by atoms with Crippen molar-refractivity contribution in [3.63, 3.8) is 0 Å². The van der Waals surface area contributed by atoms with Gasteiger partial charge < -0.3 is 10.1 Å². The van der Waals surface area contributed by atoms with Crippen LogP contribution in [0.25, 0.3) is 0 Å². The van der Waals surface area contributed by atoms with E-state index in [4.69, 9.17) is 4.74 Å². The molecule has 0 bridgehead atoms. The van der Waals surface area contributed by atoms with Crippen LogP contribution in [0.15, 0.2) is 18.2 Å². The SMILES string of the molecule is CCCCCCCCOC(=O)C(NC(=O)c1ccc(F)cc1C(F)(F)F)C(C)C. The van der Waals surface area contributed by atoms with Crippen LogP contribution in [0.4, 0.5) is 17.6 Å². The van der Waals surface area contributed by atoms with Crippen molar-refractivity contribution in [2.24, 2.45) is 5.92 Å². The number of ether oxygens (including phenoxy) is 1. The first-order valence-electron chi connectivity index (χ1n) is 9.92. The Morgan fingerprint density at radius 1 is 1.07 bits per heavy atom. The van der Waals surface area contributed by atoms with E-state index < -0.39 is 47.0 Å². The van der Waals surface area contributed by atoms with Gasteiger partial charge in [-0.1, -0.05) is 52.9 Å². The van der Waals surface area contributed by atoms with Crippen molar-refractivity contribution < 1.29 is 31.9 Å². The van der Waals surface area contributed by atoms with E-state index in [0.717, 1.165) is 44.2 Å². The van der Waals surface area contributed by atoms with Crippen molar-refractivity contribution in [2.45, 2.75) is 71.5 Å². The molecule has 1 rings (SSSR count). The molecule has 1 atom stereocenters. The van der Waals surface area contributed by atoms with Crippen LogP contribution in [0, 0.1) is 11.7 Å². The lowest BCUT2D eigenvalue weighted by molar-refractivity contribution is -0.147. The lowest BCUT2D eigenvalue weighted by Gasteiger charge is -2.22. The Morgan fingerprint density at radius 3 is 2.28 bits per heavy atom. The predicted molar refractivity (Wildman–Crippen MR) is 102 cm³/mol. The fourth-order valence-electron chi connectivity index (χ4n) is 2.81. The van der Waals surface area contributed by atoms with Crippen molar-refractivity contribution in [3.8, 4) is 0 Å². The maximum absolute atomic E-state index is 13.2. The van der Waals surface area contributed by atoms with E-state index in [1.807, 2.05) is 0 Å². The standard InChI is InChI=1S/C21H29F4NO3/c1-4-5-6-7-8-9-12-29-20(28)18(14(2)3)26-19(27)16-11-10-15(22)13-17(16)21(23,24)25/h10-11,13-14,18H,4-9,12H2,1-3H3,(H,26,27). The highest BCUT2D eigenvalue weighted by Crippen LogP contribution is 2.32. The van der Waals surface area contributed by atoms with E-state index in [0.29, 0.717) is 6.42 Å². The number of halogens is 4. The highest BCUT2D eigenvalue weighted by atomic mass is 19.4. The lowest BCUT2D eigenvalue weighted by atomic mass is 10.0. The zero-order valence-corrected chi connectivity index (χ0v) is 17.1. The summed E-state index contributed by atoms with van der Waals surface area (Å²) in [7, 11) is 0. The number of hydrogen-bond acceptors (Lipinski definition) is 3. The van der Waals surface area contributed by atoms with Gasteiger partial charge in [0.2, 0.25) is 0 Å².